The smallest absolute Gasteiger partial charge is 0.245 e. The third-order valence-corrected chi connectivity index (χ3v) is 3.44. The van der Waals surface area contributed by atoms with E-state index in [2.05, 4.69) is 33.9 Å². The molecule has 0 aliphatic carbocycles. The van der Waals surface area contributed by atoms with E-state index in [-0.39, 0.29) is 6.10 Å². The van der Waals surface area contributed by atoms with Gasteiger partial charge < -0.3 is 9.64 Å². The lowest BCUT2D eigenvalue weighted by Crippen LogP contribution is -2.44. The van der Waals surface area contributed by atoms with Gasteiger partial charge in [0.05, 0.1) is 30.0 Å². The molecule has 1 saturated heterocycles. The lowest BCUT2D eigenvalue weighted by atomic mass is 10.2. The number of anilines is 1. The van der Waals surface area contributed by atoms with Crippen molar-refractivity contribution in [2.75, 3.05) is 30.5 Å². The highest BCUT2D eigenvalue weighted by atomic mass is 35.5. The van der Waals surface area contributed by atoms with Crippen molar-refractivity contribution in [1.29, 1.82) is 0 Å². The van der Waals surface area contributed by atoms with Crippen LogP contribution >= 0.6 is 11.6 Å². The van der Waals surface area contributed by atoms with Gasteiger partial charge >= 0.3 is 0 Å². The molecule has 0 saturated carbocycles. The van der Waals surface area contributed by atoms with Crippen molar-refractivity contribution in [3.8, 4) is 0 Å². The first-order chi connectivity index (χ1) is 8.78. The summed E-state index contributed by atoms with van der Waals surface area (Å²) < 4.78 is 5.53. The largest absolute Gasteiger partial charge is 0.373 e. The van der Waals surface area contributed by atoms with Crippen LogP contribution < -0.4 is 4.90 Å². The highest BCUT2D eigenvalue weighted by Gasteiger charge is 2.22. The maximum absolute atomic E-state index is 5.83. The molecule has 2 rings (SSSR count). The Hall–Kier alpha value is -0.940. The zero-order valence-electron chi connectivity index (χ0n) is 10.9. The standard InChI is InChI=1S/C12H19ClN4O/c1-3-10-11(4-2)15-16-12(14-10)17-5-6-18-9(7-13)8-17/h9H,3-8H2,1-2H3. The molecule has 18 heavy (non-hydrogen) atoms. The Bertz CT molecular complexity index is 402. The van der Waals surface area contributed by atoms with Crippen LogP contribution in [0.4, 0.5) is 5.95 Å². The number of nitrogens with zero attached hydrogens (tertiary/aromatic N) is 4. The third kappa shape index (κ3) is 2.90. The normalized spacial score (nSPS) is 20.2. The maximum atomic E-state index is 5.83. The Labute approximate surface area is 113 Å². The van der Waals surface area contributed by atoms with Crippen LogP contribution in [0, 0.1) is 0 Å². The van der Waals surface area contributed by atoms with E-state index in [1.54, 1.807) is 0 Å². The van der Waals surface area contributed by atoms with Gasteiger partial charge in [-0.3, -0.25) is 0 Å². The number of rotatable bonds is 4. The number of ether oxygens (including phenoxy) is 1. The zero-order chi connectivity index (χ0) is 13.0. The van der Waals surface area contributed by atoms with Gasteiger partial charge in [0.25, 0.3) is 0 Å². The first-order valence-electron chi connectivity index (χ1n) is 6.43. The van der Waals surface area contributed by atoms with Crippen molar-refractivity contribution in [2.24, 2.45) is 0 Å². The van der Waals surface area contributed by atoms with Crippen molar-refractivity contribution < 1.29 is 4.74 Å². The van der Waals surface area contributed by atoms with E-state index < -0.39 is 0 Å². The molecule has 0 radical (unpaired) electrons. The quantitative estimate of drug-likeness (QED) is 0.775. The highest BCUT2D eigenvalue weighted by molar-refractivity contribution is 6.18. The van der Waals surface area contributed by atoms with Gasteiger partial charge in [-0.05, 0) is 12.8 Å². The van der Waals surface area contributed by atoms with Crippen LogP contribution in [-0.2, 0) is 17.6 Å². The molecular weight excluding hydrogens is 252 g/mol. The number of hydrogen-bond donors (Lipinski definition) is 0. The van der Waals surface area contributed by atoms with E-state index in [9.17, 15) is 0 Å². The van der Waals surface area contributed by atoms with Crippen molar-refractivity contribution >= 4 is 17.5 Å². The number of morpholine rings is 1. The van der Waals surface area contributed by atoms with Crippen molar-refractivity contribution in [2.45, 2.75) is 32.8 Å². The van der Waals surface area contributed by atoms with E-state index >= 15 is 0 Å². The lowest BCUT2D eigenvalue weighted by molar-refractivity contribution is 0.0547. The summed E-state index contributed by atoms with van der Waals surface area (Å²) in [4.78, 5) is 6.71. The van der Waals surface area contributed by atoms with E-state index in [0.717, 1.165) is 37.3 Å². The van der Waals surface area contributed by atoms with Gasteiger partial charge in [-0.15, -0.1) is 16.7 Å². The summed E-state index contributed by atoms with van der Waals surface area (Å²) in [5.74, 6) is 1.19. The molecule has 1 aliphatic rings. The summed E-state index contributed by atoms with van der Waals surface area (Å²) in [7, 11) is 0. The van der Waals surface area contributed by atoms with Crippen molar-refractivity contribution in [3.63, 3.8) is 0 Å². The number of aryl methyl sites for hydroxylation is 2. The minimum atomic E-state index is 0.0555. The molecule has 0 amide bonds. The topological polar surface area (TPSA) is 51.1 Å². The van der Waals surface area contributed by atoms with Gasteiger partial charge in [0.1, 0.15) is 0 Å². The van der Waals surface area contributed by atoms with E-state index in [0.29, 0.717) is 18.4 Å². The Morgan fingerprint density at radius 1 is 1.28 bits per heavy atom. The van der Waals surface area contributed by atoms with Crippen LogP contribution in [0.1, 0.15) is 25.2 Å². The van der Waals surface area contributed by atoms with Crippen LogP contribution in [0.3, 0.4) is 0 Å². The first-order valence-corrected chi connectivity index (χ1v) is 6.96. The Morgan fingerprint density at radius 2 is 2.06 bits per heavy atom. The molecule has 5 nitrogen and oxygen atoms in total. The molecule has 1 aromatic rings. The fraction of sp³-hybridized carbons (Fsp3) is 0.750. The SMILES string of the molecule is CCc1nnc(N2CCOC(CCl)C2)nc1CC. The average molecular weight is 271 g/mol. The fourth-order valence-corrected chi connectivity index (χ4v) is 2.24. The van der Waals surface area contributed by atoms with Gasteiger partial charge in [-0.2, -0.15) is 5.10 Å². The van der Waals surface area contributed by atoms with Crippen LogP contribution in [-0.4, -0.2) is 46.9 Å². The van der Waals surface area contributed by atoms with Crippen molar-refractivity contribution in [1.82, 2.24) is 15.2 Å². The van der Waals surface area contributed by atoms with Crippen LogP contribution in [0.5, 0.6) is 0 Å². The van der Waals surface area contributed by atoms with Gasteiger partial charge in [-0.25, -0.2) is 4.98 Å². The van der Waals surface area contributed by atoms with Gasteiger partial charge in [0.2, 0.25) is 5.95 Å². The molecule has 0 spiro atoms. The van der Waals surface area contributed by atoms with Crippen LogP contribution in [0.25, 0.3) is 0 Å². The molecule has 0 N–H and O–H groups in total. The molecular formula is C12H19ClN4O. The minimum absolute atomic E-state index is 0.0555. The predicted octanol–water partition coefficient (Wildman–Crippen LogP) is 1.44. The predicted molar refractivity (Wildman–Crippen MR) is 71.3 cm³/mol. The molecule has 100 valence electrons. The summed E-state index contributed by atoms with van der Waals surface area (Å²) in [6, 6.07) is 0. The second kappa shape index (κ2) is 6.29. The molecule has 1 aliphatic heterocycles. The van der Waals surface area contributed by atoms with E-state index in [1.807, 2.05) is 0 Å². The van der Waals surface area contributed by atoms with Gasteiger partial charge in [-0.1, -0.05) is 13.8 Å². The Balaban J connectivity index is 2.17. The first kappa shape index (κ1) is 13.5. The molecule has 1 aromatic heterocycles. The highest BCUT2D eigenvalue weighted by Crippen LogP contribution is 2.15. The van der Waals surface area contributed by atoms with Crippen LogP contribution in [0.15, 0.2) is 0 Å². The molecule has 1 atom stereocenters. The maximum Gasteiger partial charge on any atom is 0.245 e. The van der Waals surface area contributed by atoms with Gasteiger partial charge in [0.15, 0.2) is 0 Å². The van der Waals surface area contributed by atoms with Crippen LogP contribution in [0.2, 0.25) is 0 Å². The summed E-state index contributed by atoms with van der Waals surface area (Å²) in [5.41, 5.74) is 2.03. The lowest BCUT2D eigenvalue weighted by Gasteiger charge is -2.31. The van der Waals surface area contributed by atoms with Gasteiger partial charge in [0, 0.05) is 13.1 Å². The summed E-state index contributed by atoms with van der Waals surface area (Å²) in [5, 5.41) is 8.48. The van der Waals surface area contributed by atoms with E-state index in [1.165, 1.54) is 0 Å². The monoisotopic (exact) mass is 270 g/mol. The Kier molecular flexibility index (Phi) is 4.72. The number of halogens is 1. The average Bonchev–Trinajstić information content (AvgIpc) is 2.46. The minimum Gasteiger partial charge on any atom is -0.373 e. The molecule has 1 fully saturated rings. The number of alkyl halides is 1. The second-order valence-corrected chi connectivity index (χ2v) is 4.61. The number of hydrogen-bond acceptors (Lipinski definition) is 5. The summed E-state index contributed by atoms with van der Waals surface area (Å²) >= 11 is 5.83. The molecule has 6 heteroatoms. The summed E-state index contributed by atoms with van der Waals surface area (Å²) in [6.07, 6.45) is 1.81. The molecule has 1 unspecified atom stereocenters. The Morgan fingerprint density at radius 3 is 2.72 bits per heavy atom. The second-order valence-electron chi connectivity index (χ2n) is 4.31. The molecule has 2 heterocycles. The molecule has 0 bridgehead atoms. The number of aromatic nitrogens is 3. The fourth-order valence-electron chi connectivity index (χ4n) is 2.06. The van der Waals surface area contributed by atoms with Crippen molar-refractivity contribution in [3.05, 3.63) is 11.4 Å². The molecule has 0 aromatic carbocycles. The third-order valence-electron chi connectivity index (χ3n) is 3.09. The van der Waals surface area contributed by atoms with E-state index in [4.69, 9.17) is 16.3 Å². The summed E-state index contributed by atoms with van der Waals surface area (Å²) in [6.45, 7) is 6.36. The zero-order valence-corrected chi connectivity index (χ0v) is 11.7.